The van der Waals surface area contributed by atoms with E-state index in [9.17, 15) is 13.2 Å². The molecule has 0 radical (unpaired) electrons. The highest BCUT2D eigenvalue weighted by atomic mass is 79.9. The van der Waals surface area contributed by atoms with Gasteiger partial charge in [-0.3, -0.25) is 4.98 Å². The van der Waals surface area contributed by atoms with Gasteiger partial charge in [0.2, 0.25) is 0 Å². The van der Waals surface area contributed by atoms with Crippen LogP contribution in [0.5, 0.6) is 0 Å². The van der Waals surface area contributed by atoms with Gasteiger partial charge in [0.25, 0.3) is 0 Å². The summed E-state index contributed by atoms with van der Waals surface area (Å²) in [6, 6.07) is 3.34. The van der Waals surface area contributed by atoms with Gasteiger partial charge in [-0.1, -0.05) is 15.9 Å². The Morgan fingerprint density at radius 1 is 1.19 bits per heavy atom. The number of hydrogen-bond acceptors (Lipinski definition) is 2. The highest BCUT2D eigenvalue weighted by Gasteiger charge is 2.30. The minimum absolute atomic E-state index is 0.250. The van der Waals surface area contributed by atoms with Crippen LogP contribution in [-0.4, -0.2) is 9.97 Å². The highest BCUT2D eigenvalue weighted by Crippen LogP contribution is 2.30. The fourth-order valence-corrected chi connectivity index (χ4v) is 1.56. The molecule has 0 spiro atoms. The summed E-state index contributed by atoms with van der Waals surface area (Å²) in [5.41, 5.74) is 0.692. The fourth-order valence-electron chi connectivity index (χ4n) is 1.29. The van der Waals surface area contributed by atoms with Crippen molar-refractivity contribution < 1.29 is 13.2 Å². The molecule has 1 heterocycles. The van der Waals surface area contributed by atoms with Crippen LogP contribution in [-0.2, 0) is 11.5 Å². The summed E-state index contributed by atoms with van der Waals surface area (Å²) in [6.45, 7) is 0. The van der Waals surface area contributed by atoms with E-state index in [1.807, 2.05) is 0 Å². The molecule has 1 aromatic heterocycles. The molecule has 2 rings (SSSR count). The van der Waals surface area contributed by atoms with Crippen LogP contribution in [0, 0.1) is 0 Å². The monoisotopic (exact) mass is 290 g/mol. The summed E-state index contributed by atoms with van der Waals surface area (Å²) >= 11 is 3.21. The molecule has 2 nitrogen and oxygen atoms in total. The second-order valence-corrected chi connectivity index (χ2v) is 3.76. The molecule has 16 heavy (non-hydrogen) atoms. The molecule has 0 aliphatic rings. The molecule has 1 aromatic carbocycles. The smallest absolute Gasteiger partial charge is 0.253 e. The van der Waals surface area contributed by atoms with Gasteiger partial charge in [-0.05, 0) is 18.2 Å². The van der Waals surface area contributed by atoms with Crippen molar-refractivity contribution in [3.05, 3.63) is 35.7 Å². The van der Waals surface area contributed by atoms with Crippen molar-refractivity contribution in [1.82, 2.24) is 9.97 Å². The number of nitrogens with zero attached hydrogens (tertiary/aromatic N) is 2. The first-order valence-corrected chi connectivity index (χ1v) is 5.51. The minimum Gasteiger partial charge on any atom is -0.253 e. The van der Waals surface area contributed by atoms with E-state index in [0.717, 1.165) is 12.1 Å². The Labute approximate surface area is 97.6 Å². The second kappa shape index (κ2) is 4.01. The summed E-state index contributed by atoms with van der Waals surface area (Å²) in [5, 5.41) is 0.525. The molecular formula is C10H6BrF3N2. The molecule has 0 atom stereocenters. The molecule has 2 aromatic rings. The normalized spacial score (nSPS) is 12.0. The molecule has 0 amide bonds. The quantitative estimate of drug-likeness (QED) is 0.751. The number of halogens is 4. The zero-order valence-corrected chi connectivity index (χ0v) is 9.51. The van der Waals surface area contributed by atoms with Gasteiger partial charge in [0.1, 0.15) is 0 Å². The molecule has 0 saturated heterocycles. The predicted molar refractivity (Wildman–Crippen MR) is 57.2 cm³/mol. The zero-order chi connectivity index (χ0) is 11.8. The molecule has 84 valence electrons. The lowest BCUT2D eigenvalue weighted by atomic mass is 10.2. The van der Waals surface area contributed by atoms with Crippen LogP contribution in [0.4, 0.5) is 13.2 Å². The first kappa shape index (κ1) is 11.3. The van der Waals surface area contributed by atoms with E-state index >= 15 is 0 Å². The van der Waals surface area contributed by atoms with Gasteiger partial charge in [-0.25, -0.2) is 4.98 Å². The number of rotatable bonds is 1. The van der Waals surface area contributed by atoms with Crippen molar-refractivity contribution in [2.45, 2.75) is 11.5 Å². The SMILES string of the molecule is FC(F)(F)c1ccc2nc(CBr)cnc2c1. The van der Waals surface area contributed by atoms with Crippen LogP contribution in [0.15, 0.2) is 24.4 Å². The predicted octanol–water partition coefficient (Wildman–Crippen LogP) is 3.54. The summed E-state index contributed by atoms with van der Waals surface area (Å²) in [6.07, 6.45) is -2.89. The largest absolute Gasteiger partial charge is 0.416 e. The third-order valence-electron chi connectivity index (χ3n) is 2.06. The first-order chi connectivity index (χ1) is 7.50. The lowest BCUT2D eigenvalue weighted by Gasteiger charge is -2.07. The fraction of sp³-hybridized carbons (Fsp3) is 0.200. The molecular weight excluding hydrogens is 285 g/mol. The first-order valence-electron chi connectivity index (χ1n) is 4.39. The van der Waals surface area contributed by atoms with Crippen LogP contribution >= 0.6 is 15.9 Å². The zero-order valence-electron chi connectivity index (χ0n) is 7.92. The second-order valence-electron chi connectivity index (χ2n) is 3.20. The minimum atomic E-state index is -4.34. The van der Waals surface area contributed by atoms with Crippen LogP contribution in [0.3, 0.4) is 0 Å². The number of fused-ring (bicyclic) bond motifs is 1. The summed E-state index contributed by atoms with van der Waals surface area (Å²) < 4.78 is 37.2. The van der Waals surface area contributed by atoms with Crippen molar-refractivity contribution in [2.75, 3.05) is 0 Å². The third kappa shape index (κ3) is 2.16. The Kier molecular flexibility index (Phi) is 2.84. The lowest BCUT2D eigenvalue weighted by Crippen LogP contribution is -2.04. The van der Waals surface area contributed by atoms with Gasteiger partial charge in [-0.15, -0.1) is 0 Å². The Morgan fingerprint density at radius 2 is 1.94 bits per heavy atom. The Bertz CT molecular complexity index is 525. The molecule has 0 aliphatic carbocycles. The van der Waals surface area contributed by atoms with E-state index in [4.69, 9.17) is 0 Å². The number of aromatic nitrogens is 2. The average molecular weight is 291 g/mol. The molecule has 0 N–H and O–H groups in total. The summed E-state index contributed by atoms with van der Waals surface area (Å²) in [4.78, 5) is 8.07. The average Bonchev–Trinajstić information content (AvgIpc) is 2.26. The van der Waals surface area contributed by atoms with E-state index < -0.39 is 11.7 Å². The van der Waals surface area contributed by atoms with E-state index in [1.165, 1.54) is 12.3 Å². The van der Waals surface area contributed by atoms with Gasteiger partial charge < -0.3 is 0 Å². The molecule has 0 saturated carbocycles. The maximum Gasteiger partial charge on any atom is 0.416 e. The van der Waals surface area contributed by atoms with E-state index in [-0.39, 0.29) is 5.52 Å². The van der Waals surface area contributed by atoms with E-state index in [1.54, 1.807) is 0 Å². The third-order valence-corrected chi connectivity index (χ3v) is 2.63. The van der Waals surface area contributed by atoms with Crippen molar-refractivity contribution >= 4 is 27.0 Å². The highest BCUT2D eigenvalue weighted by molar-refractivity contribution is 9.08. The molecule has 0 aliphatic heterocycles. The maximum absolute atomic E-state index is 12.4. The Balaban J connectivity index is 2.56. The Morgan fingerprint density at radius 3 is 2.56 bits per heavy atom. The molecule has 0 fully saturated rings. The number of benzene rings is 1. The van der Waals surface area contributed by atoms with Gasteiger partial charge in [0.15, 0.2) is 0 Å². The maximum atomic E-state index is 12.4. The lowest BCUT2D eigenvalue weighted by molar-refractivity contribution is -0.137. The van der Waals surface area contributed by atoms with Gasteiger partial charge >= 0.3 is 6.18 Å². The van der Waals surface area contributed by atoms with Gasteiger partial charge in [-0.2, -0.15) is 13.2 Å². The van der Waals surface area contributed by atoms with E-state index in [2.05, 4.69) is 25.9 Å². The van der Waals surface area contributed by atoms with E-state index in [0.29, 0.717) is 16.5 Å². The molecule has 0 unspecified atom stereocenters. The Hall–Kier alpha value is -1.17. The van der Waals surface area contributed by atoms with Crippen LogP contribution in [0.2, 0.25) is 0 Å². The topological polar surface area (TPSA) is 25.8 Å². The molecule has 6 heteroatoms. The summed E-state index contributed by atoms with van der Waals surface area (Å²) in [5.74, 6) is 0. The molecule has 0 bridgehead atoms. The van der Waals surface area contributed by atoms with Gasteiger partial charge in [0, 0.05) is 11.5 Å². The van der Waals surface area contributed by atoms with Crippen molar-refractivity contribution in [1.29, 1.82) is 0 Å². The van der Waals surface area contributed by atoms with Crippen LogP contribution in [0.25, 0.3) is 11.0 Å². The summed E-state index contributed by atoms with van der Waals surface area (Å²) in [7, 11) is 0. The number of alkyl halides is 4. The number of hydrogen-bond donors (Lipinski definition) is 0. The van der Waals surface area contributed by atoms with Crippen LogP contribution < -0.4 is 0 Å². The van der Waals surface area contributed by atoms with Crippen LogP contribution in [0.1, 0.15) is 11.3 Å². The standard InChI is InChI=1S/C10H6BrF3N2/c11-4-7-5-15-9-3-6(10(12,13)14)1-2-8(9)16-7/h1-3,5H,4H2. The van der Waals surface area contributed by atoms with Crippen molar-refractivity contribution in [3.8, 4) is 0 Å². The van der Waals surface area contributed by atoms with Gasteiger partial charge in [0.05, 0.1) is 22.3 Å². The van der Waals surface area contributed by atoms with Crippen molar-refractivity contribution in [2.24, 2.45) is 0 Å². The van der Waals surface area contributed by atoms with Crippen molar-refractivity contribution in [3.63, 3.8) is 0 Å².